The highest BCUT2D eigenvalue weighted by atomic mass is 16.5. The second-order valence-electron chi connectivity index (χ2n) is 3.99. The Morgan fingerprint density at radius 3 is 2.71 bits per heavy atom. The monoisotopic (exact) mass is 197 g/mol. The Kier molecular flexibility index (Phi) is 2.70. The van der Waals surface area contributed by atoms with Gasteiger partial charge in [-0.2, -0.15) is 0 Å². The Labute approximate surface area is 83.0 Å². The fraction of sp³-hybridized carbons (Fsp3) is 0.800. The Morgan fingerprint density at radius 1 is 1.14 bits per heavy atom. The zero-order valence-corrected chi connectivity index (χ0v) is 8.12. The van der Waals surface area contributed by atoms with Gasteiger partial charge in [0.2, 0.25) is 5.91 Å². The lowest BCUT2D eigenvalue weighted by Gasteiger charge is -2.21. The smallest absolute Gasteiger partial charge is 0.306 e. The summed E-state index contributed by atoms with van der Waals surface area (Å²) in [6.07, 6.45) is 4.70. The van der Waals surface area contributed by atoms with Crippen LogP contribution in [-0.4, -0.2) is 24.0 Å². The molecule has 2 fully saturated rings. The number of carbonyl (C=O) groups is 2. The average molecular weight is 197 g/mol. The van der Waals surface area contributed by atoms with Crippen molar-refractivity contribution in [1.82, 2.24) is 5.32 Å². The van der Waals surface area contributed by atoms with E-state index in [9.17, 15) is 9.59 Å². The van der Waals surface area contributed by atoms with Crippen LogP contribution in [0, 0.1) is 0 Å². The van der Waals surface area contributed by atoms with Crippen molar-refractivity contribution >= 4 is 11.9 Å². The van der Waals surface area contributed by atoms with Gasteiger partial charge in [0.05, 0.1) is 6.04 Å². The molecule has 4 nitrogen and oxygen atoms in total. The number of nitrogens with one attached hydrogen (secondary N) is 1. The van der Waals surface area contributed by atoms with Gasteiger partial charge in [-0.3, -0.25) is 9.59 Å². The van der Waals surface area contributed by atoms with Crippen molar-refractivity contribution in [2.45, 2.75) is 50.7 Å². The van der Waals surface area contributed by atoms with Crippen LogP contribution in [0.2, 0.25) is 0 Å². The van der Waals surface area contributed by atoms with Gasteiger partial charge in [-0.05, 0) is 19.3 Å². The number of carbonyl (C=O) groups excluding carboxylic acids is 2. The van der Waals surface area contributed by atoms with Crippen LogP contribution in [0.1, 0.15) is 38.5 Å². The first-order valence-electron chi connectivity index (χ1n) is 5.24. The fourth-order valence-corrected chi connectivity index (χ4v) is 2.11. The molecular weight excluding hydrogens is 182 g/mol. The van der Waals surface area contributed by atoms with Gasteiger partial charge in [0.15, 0.2) is 0 Å². The second-order valence-corrected chi connectivity index (χ2v) is 3.99. The minimum Gasteiger partial charge on any atom is -0.460 e. The molecule has 0 bridgehead atoms. The third-order valence-electron chi connectivity index (χ3n) is 2.88. The van der Waals surface area contributed by atoms with E-state index in [4.69, 9.17) is 4.74 Å². The van der Waals surface area contributed by atoms with Crippen molar-refractivity contribution in [2.75, 3.05) is 0 Å². The molecule has 78 valence electrons. The second kappa shape index (κ2) is 3.98. The third kappa shape index (κ3) is 2.05. The number of ether oxygens (including phenoxy) is 1. The number of hydrogen-bond donors (Lipinski definition) is 1. The molecule has 2 unspecified atom stereocenters. The Bertz CT molecular complexity index is 252. The van der Waals surface area contributed by atoms with Crippen LogP contribution in [0.3, 0.4) is 0 Å². The first-order chi connectivity index (χ1) is 6.75. The summed E-state index contributed by atoms with van der Waals surface area (Å²) < 4.78 is 5.15. The minimum absolute atomic E-state index is 0.0523. The molecule has 2 heterocycles. The van der Waals surface area contributed by atoms with E-state index in [1.54, 1.807) is 0 Å². The van der Waals surface area contributed by atoms with Crippen LogP contribution >= 0.6 is 0 Å². The highest BCUT2D eigenvalue weighted by Gasteiger charge is 2.32. The number of cyclic esters (lactones) is 1. The predicted octanol–water partition coefficient (Wildman–Crippen LogP) is 0.751. The van der Waals surface area contributed by atoms with E-state index in [0.29, 0.717) is 12.8 Å². The van der Waals surface area contributed by atoms with Crippen molar-refractivity contribution in [3.05, 3.63) is 0 Å². The normalized spacial score (nSPS) is 33.4. The summed E-state index contributed by atoms with van der Waals surface area (Å²) >= 11 is 0. The van der Waals surface area contributed by atoms with Gasteiger partial charge >= 0.3 is 5.97 Å². The molecule has 0 spiro atoms. The minimum atomic E-state index is -0.131. The molecule has 2 atom stereocenters. The maximum Gasteiger partial charge on any atom is 0.306 e. The van der Waals surface area contributed by atoms with E-state index in [1.165, 1.54) is 0 Å². The Hall–Kier alpha value is -1.06. The molecule has 2 aliphatic rings. The van der Waals surface area contributed by atoms with Crippen molar-refractivity contribution in [3.63, 3.8) is 0 Å². The zero-order valence-electron chi connectivity index (χ0n) is 8.12. The van der Waals surface area contributed by atoms with E-state index < -0.39 is 0 Å². The van der Waals surface area contributed by atoms with E-state index in [-0.39, 0.29) is 24.0 Å². The van der Waals surface area contributed by atoms with Gasteiger partial charge in [-0.15, -0.1) is 0 Å². The first kappa shape index (κ1) is 9.49. The maximum absolute atomic E-state index is 11.3. The molecule has 0 saturated carbocycles. The lowest BCUT2D eigenvalue weighted by Crippen LogP contribution is -2.41. The van der Waals surface area contributed by atoms with Crippen molar-refractivity contribution in [3.8, 4) is 0 Å². The molecule has 4 heteroatoms. The molecule has 0 aromatic heterocycles. The number of hydrogen-bond acceptors (Lipinski definition) is 3. The first-order valence-corrected chi connectivity index (χ1v) is 5.24. The van der Waals surface area contributed by atoms with Gasteiger partial charge in [0, 0.05) is 12.8 Å². The molecule has 1 amide bonds. The summed E-state index contributed by atoms with van der Waals surface area (Å²) in [5.74, 6) is -0.0380. The largest absolute Gasteiger partial charge is 0.460 e. The summed E-state index contributed by atoms with van der Waals surface area (Å²) in [4.78, 5) is 22.2. The third-order valence-corrected chi connectivity index (χ3v) is 2.88. The van der Waals surface area contributed by atoms with Crippen LogP contribution in [0.15, 0.2) is 0 Å². The number of amides is 1. The summed E-state index contributed by atoms with van der Waals surface area (Å²) in [5, 5.41) is 2.93. The topological polar surface area (TPSA) is 55.4 Å². The molecular formula is C10H15NO3. The quantitative estimate of drug-likeness (QED) is 0.631. The van der Waals surface area contributed by atoms with Gasteiger partial charge in [0.1, 0.15) is 6.10 Å². The summed E-state index contributed by atoms with van der Waals surface area (Å²) in [7, 11) is 0. The summed E-state index contributed by atoms with van der Waals surface area (Å²) in [5.41, 5.74) is 0. The molecule has 14 heavy (non-hydrogen) atoms. The van der Waals surface area contributed by atoms with Crippen LogP contribution in [0.25, 0.3) is 0 Å². The van der Waals surface area contributed by atoms with Gasteiger partial charge in [-0.1, -0.05) is 6.42 Å². The van der Waals surface area contributed by atoms with Crippen LogP contribution < -0.4 is 5.32 Å². The van der Waals surface area contributed by atoms with Gasteiger partial charge in [0.25, 0.3) is 0 Å². The zero-order chi connectivity index (χ0) is 9.97. The highest BCUT2D eigenvalue weighted by molar-refractivity contribution is 5.77. The maximum atomic E-state index is 11.3. The molecule has 0 aliphatic carbocycles. The number of rotatable bonds is 1. The highest BCUT2D eigenvalue weighted by Crippen LogP contribution is 2.22. The molecule has 0 radical (unpaired) electrons. The van der Waals surface area contributed by atoms with E-state index in [0.717, 1.165) is 25.7 Å². The van der Waals surface area contributed by atoms with E-state index in [2.05, 4.69) is 5.32 Å². The van der Waals surface area contributed by atoms with Crippen LogP contribution in [0.4, 0.5) is 0 Å². The van der Waals surface area contributed by atoms with Crippen LogP contribution in [-0.2, 0) is 14.3 Å². The average Bonchev–Trinajstić information content (AvgIpc) is 2.45. The molecule has 0 aromatic rings. The molecule has 1 N–H and O–H groups in total. The lowest BCUT2D eigenvalue weighted by atomic mass is 10.0. The van der Waals surface area contributed by atoms with E-state index >= 15 is 0 Å². The molecule has 0 aromatic carbocycles. The van der Waals surface area contributed by atoms with Crippen molar-refractivity contribution in [2.24, 2.45) is 0 Å². The Balaban J connectivity index is 1.95. The van der Waals surface area contributed by atoms with Crippen molar-refractivity contribution < 1.29 is 14.3 Å². The van der Waals surface area contributed by atoms with E-state index in [1.807, 2.05) is 0 Å². The fourth-order valence-electron chi connectivity index (χ4n) is 2.11. The van der Waals surface area contributed by atoms with Gasteiger partial charge in [-0.25, -0.2) is 0 Å². The standard InChI is InChI=1S/C10H15NO3/c12-9-4-2-1-3-7(11-9)8-5-6-10(13)14-8/h7-8H,1-6H2,(H,11,12). The summed E-state index contributed by atoms with van der Waals surface area (Å²) in [6, 6.07) is 0.0523. The summed E-state index contributed by atoms with van der Waals surface area (Å²) in [6.45, 7) is 0. The van der Waals surface area contributed by atoms with Gasteiger partial charge < -0.3 is 10.1 Å². The SMILES string of the molecule is O=C1CCCCC(C2CCC(=O)O2)N1. The predicted molar refractivity (Wildman–Crippen MR) is 49.5 cm³/mol. The molecule has 2 aliphatic heterocycles. The number of esters is 1. The molecule has 2 saturated heterocycles. The lowest BCUT2D eigenvalue weighted by molar-refractivity contribution is -0.143. The van der Waals surface area contributed by atoms with Crippen molar-refractivity contribution in [1.29, 1.82) is 0 Å². The molecule has 2 rings (SSSR count). The Morgan fingerprint density at radius 2 is 2.00 bits per heavy atom. The van der Waals surface area contributed by atoms with Crippen LogP contribution in [0.5, 0.6) is 0 Å².